The minimum atomic E-state index is 0.787. The Morgan fingerprint density at radius 3 is 2.67 bits per heavy atom. The molecular formula is C17H17N3O. The molecule has 1 N–H and O–H groups in total. The maximum Gasteiger partial charge on any atom is 0.139 e. The summed E-state index contributed by atoms with van der Waals surface area (Å²) in [5.74, 6) is 0. The highest BCUT2D eigenvalue weighted by Crippen LogP contribution is 2.34. The zero-order valence-electron chi connectivity index (χ0n) is 11.7. The number of H-pyrrole nitrogens is 1. The Kier molecular flexibility index (Phi) is 3.09. The van der Waals surface area contributed by atoms with E-state index in [2.05, 4.69) is 51.4 Å². The first kappa shape index (κ1) is 12.4. The van der Waals surface area contributed by atoms with Crippen LogP contribution in [-0.2, 0) is 4.74 Å². The molecule has 4 heteroatoms. The van der Waals surface area contributed by atoms with Crippen molar-refractivity contribution in [2.45, 2.75) is 0 Å². The van der Waals surface area contributed by atoms with E-state index in [1.54, 1.807) is 0 Å². The van der Waals surface area contributed by atoms with Gasteiger partial charge in [0, 0.05) is 36.4 Å². The number of rotatable bonds is 2. The molecule has 0 aliphatic carbocycles. The third-order valence-corrected chi connectivity index (χ3v) is 3.99. The maximum atomic E-state index is 5.46. The number of fused-ring (bicyclic) bond motifs is 1. The lowest BCUT2D eigenvalue weighted by Gasteiger charge is -2.29. The van der Waals surface area contributed by atoms with E-state index >= 15 is 0 Å². The molecule has 0 bridgehead atoms. The number of morpholine rings is 1. The van der Waals surface area contributed by atoms with Gasteiger partial charge >= 0.3 is 0 Å². The molecule has 0 unspecified atom stereocenters. The molecule has 1 fully saturated rings. The number of pyridine rings is 1. The number of nitrogens with zero attached hydrogens (tertiary/aromatic N) is 2. The van der Waals surface area contributed by atoms with Crippen LogP contribution in [0.3, 0.4) is 0 Å². The number of aromatic nitrogens is 2. The molecule has 1 aliphatic heterocycles. The molecule has 1 aliphatic rings. The number of anilines is 1. The number of aromatic amines is 1. The minimum absolute atomic E-state index is 0.787. The van der Waals surface area contributed by atoms with E-state index in [1.807, 2.05) is 12.3 Å². The van der Waals surface area contributed by atoms with Gasteiger partial charge in [-0.25, -0.2) is 4.98 Å². The summed E-state index contributed by atoms with van der Waals surface area (Å²) in [6.45, 7) is 3.43. The van der Waals surface area contributed by atoms with Crippen molar-refractivity contribution in [3.05, 3.63) is 48.8 Å². The van der Waals surface area contributed by atoms with Crippen LogP contribution in [0.25, 0.3) is 22.2 Å². The Labute approximate surface area is 123 Å². The quantitative estimate of drug-likeness (QED) is 0.784. The van der Waals surface area contributed by atoms with Gasteiger partial charge in [0.05, 0.1) is 18.9 Å². The molecule has 1 aromatic carbocycles. The van der Waals surface area contributed by atoms with Crippen molar-refractivity contribution in [3.63, 3.8) is 0 Å². The van der Waals surface area contributed by atoms with Gasteiger partial charge in [-0.15, -0.1) is 0 Å². The van der Waals surface area contributed by atoms with Gasteiger partial charge in [0.15, 0.2) is 0 Å². The molecule has 21 heavy (non-hydrogen) atoms. The van der Waals surface area contributed by atoms with Gasteiger partial charge in [-0.1, -0.05) is 30.3 Å². The SMILES string of the molecule is c1ccc(-c2c[nH]c3nccc(N4CCOCC4)c23)cc1. The number of nitrogens with one attached hydrogen (secondary N) is 1. The van der Waals surface area contributed by atoms with Gasteiger partial charge in [0.2, 0.25) is 0 Å². The van der Waals surface area contributed by atoms with Crippen molar-refractivity contribution in [2.75, 3.05) is 31.2 Å². The summed E-state index contributed by atoms with van der Waals surface area (Å²) in [6, 6.07) is 12.6. The van der Waals surface area contributed by atoms with Crippen LogP contribution in [0.4, 0.5) is 5.69 Å². The highest BCUT2D eigenvalue weighted by atomic mass is 16.5. The Bertz CT molecular complexity index is 745. The molecule has 1 saturated heterocycles. The Balaban J connectivity index is 1.89. The van der Waals surface area contributed by atoms with Crippen molar-refractivity contribution in [3.8, 4) is 11.1 Å². The zero-order valence-corrected chi connectivity index (χ0v) is 11.7. The van der Waals surface area contributed by atoms with Gasteiger partial charge in [0.1, 0.15) is 5.65 Å². The topological polar surface area (TPSA) is 41.2 Å². The molecule has 0 saturated carbocycles. The molecule has 3 heterocycles. The van der Waals surface area contributed by atoms with Gasteiger partial charge in [-0.05, 0) is 11.6 Å². The molecule has 0 spiro atoms. The van der Waals surface area contributed by atoms with E-state index in [9.17, 15) is 0 Å². The van der Waals surface area contributed by atoms with Crippen LogP contribution in [0.5, 0.6) is 0 Å². The fourth-order valence-corrected chi connectivity index (χ4v) is 2.95. The Morgan fingerprint density at radius 2 is 1.86 bits per heavy atom. The standard InChI is InChI=1S/C17H17N3O/c1-2-4-13(5-3-1)14-12-19-17-16(14)15(6-7-18-17)20-8-10-21-11-9-20/h1-7,12H,8-11H2,(H,18,19). The van der Waals surface area contributed by atoms with E-state index in [1.165, 1.54) is 22.2 Å². The van der Waals surface area contributed by atoms with Crippen LogP contribution in [0.2, 0.25) is 0 Å². The maximum absolute atomic E-state index is 5.46. The predicted molar refractivity (Wildman–Crippen MR) is 84.6 cm³/mol. The summed E-state index contributed by atoms with van der Waals surface area (Å²) in [7, 11) is 0. The van der Waals surface area contributed by atoms with E-state index < -0.39 is 0 Å². The van der Waals surface area contributed by atoms with Gasteiger partial charge in [0.25, 0.3) is 0 Å². The second-order valence-corrected chi connectivity index (χ2v) is 5.22. The van der Waals surface area contributed by atoms with E-state index in [-0.39, 0.29) is 0 Å². The highest BCUT2D eigenvalue weighted by Gasteiger charge is 2.17. The molecule has 0 atom stereocenters. The largest absolute Gasteiger partial charge is 0.378 e. The van der Waals surface area contributed by atoms with Gasteiger partial charge in [-0.2, -0.15) is 0 Å². The summed E-state index contributed by atoms with van der Waals surface area (Å²) < 4.78 is 5.46. The average molecular weight is 279 g/mol. The van der Waals surface area contributed by atoms with Gasteiger partial charge < -0.3 is 14.6 Å². The number of hydrogen-bond donors (Lipinski definition) is 1. The third kappa shape index (κ3) is 2.17. The van der Waals surface area contributed by atoms with Crippen LogP contribution in [0.1, 0.15) is 0 Å². The van der Waals surface area contributed by atoms with E-state index in [4.69, 9.17) is 4.74 Å². The van der Waals surface area contributed by atoms with Crippen LogP contribution < -0.4 is 4.90 Å². The summed E-state index contributed by atoms with van der Waals surface area (Å²) >= 11 is 0. The van der Waals surface area contributed by atoms with Crippen molar-refractivity contribution >= 4 is 16.7 Å². The summed E-state index contributed by atoms with van der Waals surface area (Å²) in [5, 5.41) is 1.20. The van der Waals surface area contributed by atoms with Crippen LogP contribution in [-0.4, -0.2) is 36.3 Å². The lowest BCUT2D eigenvalue weighted by Crippen LogP contribution is -2.36. The molecule has 0 radical (unpaired) electrons. The first-order valence-electron chi connectivity index (χ1n) is 7.28. The monoisotopic (exact) mass is 279 g/mol. The number of hydrogen-bond acceptors (Lipinski definition) is 3. The van der Waals surface area contributed by atoms with Crippen LogP contribution >= 0.6 is 0 Å². The van der Waals surface area contributed by atoms with E-state index in [0.717, 1.165) is 32.0 Å². The van der Waals surface area contributed by atoms with Crippen LogP contribution in [0, 0.1) is 0 Å². The smallest absolute Gasteiger partial charge is 0.139 e. The lowest BCUT2D eigenvalue weighted by atomic mass is 10.0. The number of benzene rings is 1. The average Bonchev–Trinajstić information content (AvgIpc) is 3.00. The summed E-state index contributed by atoms with van der Waals surface area (Å²) in [4.78, 5) is 10.1. The van der Waals surface area contributed by atoms with Gasteiger partial charge in [-0.3, -0.25) is 0 Å². The first-order valence-corrected chi connectivity index (χ1v) is 7.28. The Morgan fingerprint density at radius 1 is 1.05 bits per heavy atom. The second kappa shape index (κ2) is 5.22. The molecule has 4 nitrogen and oxygen atoms in total. The Hall–Kier alpha value is -2.33. The third-order valence-electron chi connectivity index (χ3n) is 3.99. The molecule has 0 amide bonds. The van der Waals surface area contributed by atoms with Crippen molar-refractivity contribution in [2.24, 2.45) is 0 Å². The molecule has 4 rings (SSSR count). The second-order valence-electron chi connectivity index (χ2n) is 5.22. The lowest BCUT2D eigenvalue weighted by molar-refractivity contribution is 0.123. The molecular weight excluding hydrogens is 262 g/mol. The highest BCUT2D eigenvalue weighted by molar-refractivity contribution is 6.02. The predicted octanol–water partition coefficient (Wildman–Crippen LogP) is 3.07. The van der Waals surface area contributed by atoms with E-state index in [0.29, 0.717) is 0 Å². The number of ether oxygens (including phenoxy) is 1. The zero-order chi connectivity index (χ0) is 14.1. The summed E-state index contributed by atoms with van der Waals surface area (Å²) in [6.07, 6.45) is 3.93. The normalized spacial score (nSPS) is 15.5. The fourth-order valence-electron chi connectivity index (χ4n) is 2.95. The fraction of sp³-hybridized carbons (Fsp3) is 0.235. The molecule has 2 aromatic heterocycles. The minimum Gasteiger partial charge on any atom is -0.378 e. The molecule has 3 aromatic rings. The molecule has 106 valence electrons. The van der Waals surface area contributed by atoms with Crippen molar-refractivity contribution < 1.29 is 4.74 Å². The van der Waals surface area contributed by atoms with Crippen molar-refractivity contribution in [1.29, 1.82) is 0 Å². The first-order chi connectivity index (χ1) is 10.4. The van der Waals surface area contributed by atoms with Crippen molar-refractivity contribution in [1.82, 2.24) is 9.97 Å². The van der Waals surface area contributed by atoms with Crippen LogP contribution in [0.15, 0.2) is 48.8 Å². The summed E-state index contributed by atoms with van der Waals surface area (Å²) in [5.41, 5.74) is 4.60.